The Balaban J connectivity index is 1.96. The summed E-state index contributed by atoms with van der Waals surface area (Å²) in [5, 5.41) is 3.33. The maximum absolute atomic E-state index is 3.33. The van der Waals surface area contributed by atoms with E-state index in [0.29, 0.717) is 0 Å². The van der Waals surface area contributed by atoms with E-state index in [0.717, 1.165) is 32.2 Å². The molecule has 1 aromatic carbocycles. The number of nitrogens with zero attached hydrogens (tertiary/aromatic N) is 1. The summed E-state index contributed by atoms with van der Waals surface area (Å²) in [6, 6.07) is 9.58. The average Bonchev–Trinajstić information content (AvgIpc) is 2.17. The largest absolute Gasteiger partial charge is 0.314 e. The Morgan fingerprint density at radius 3 is 2.47 bits per heavy atom. The van der Waals surface area contributed by atoms with Crippen molar-refractivity contribution >= 4 is 22.6 Å². The number of hydrogen-bond donors (Lipinski definition) is 1. The van der Waals surface area contributed by atoms with Crippen LogP contribution in [0.25, 0.3) is 0 Å². The smallest absolute Gasteiger partial charge is 0.0348 e. The molecular weight excluding hydrogens is 299 g/mol. The minimum Gasteiger partial charge on any atom is -0.314 e. The highest BCUT2D eigenvalue weighted by Crippen LogP contribution is 2.12. The first kappa shape index (κ1) is 11.4. The standard InChI is InChI=1S/C12H17IN2/c1-2-15(12-7-14-8-12)9-10-3-5-11(13)6-4-10/h3-6,12,14H,2,7-9H2,1H3. The number of halogens is 1. The van der Waals surface area contributed by atoms with Crippen molar-refractivity contribution in [3.63, 3.8) is 0 Å². The van der Waals surface area contributed by atoms with Crippen LogP contribution in [-0.4, -0.2) is 30.6 Å². The summed E-state index contributed by atoms with van der Waals surface area (Å²) in [6.45, 7) is 6.76. The van der Waals surface area contributed by atoms with Gasteiger partial charge in [0.15, 0.2) is 0 Å². The Labute approximate surface area is 105 Å². The van der Waals surface area contributed by atoms with Crippen molar-refractivity contribution in [1.29, 1.82) is 0 Å². The molecule has 2 rings (SSSR count). The van der Waals surface area contributed by atoms with Gasteiger partial charge < -0.3 is 5.32 Å². The van der Waals surface area contributed by atoms with Crippen LogP contribution >= 0.6 is 22.6 Å². The molecule has 0 amide bonds. The lowest BCUT2D eigenvalue weighted by Crippen LogP contribution is -2.56. The highest BCUT2D eigenvalue weighted by atomic mass is 127. The van der Waals surface area contributed by atoms with E-state index >= 15 is 0 Å². The van der Waals surface area contributed by atoms with Gasteiger partial charge in [0, 0.05) is 29.2 Å². The lowest BCUT2D eigenvalue weighted by atomic mass is 10.1. The molecule has 0 aromatic heterocycles. The molecule has 0 bridgehead atoms. The Hall–Kier alpha value is -0.130. The van der Waals surface area contributed by atoms with Crippen molar-refractivity contribution in [1.82, 2.24) is 10.2 Å². The predicted octanol–water partition coefficient (Wildman–Crippen LogP) is 2.08. The molecule has 0 atom stereocenters. The zero-order valence-electron chi connectivity index (χ0n) is 9.04. The van der Waals surface area contributed by atoms with Crippen LogP contribution in [0.4, 0.5) is 0 Å². The fraction of sp³-hybridized carbons (Fsp3) is 0.500. The van der Waals surface area contributed by atoms with Crippen LogP contribution < -0.4 is 5.32 Å². The second-order valence-corrected chi connectivity index (χ2v) is 5.25. The van der Waals surface area contributed by atoms with Gasteiger partial charge in [0.2, 0.25) is 0 Å². The van der Waals surface area contributed by atoms with Gasteiger partial charge in [-0.1, -0.05) is 19.1 Å². The second-order valence-electron chi connectivity index (χ2n) is 4.00. The minimum absolute atomic E-state index is 0.745. The molecule has 1 N–H and O–H groups in total. The number of rotatable bonds is 4. The normalized spacial score (nSPS) is 16.7. The molecule has 0 spiro atoms. The molecule has 0 unspecified atom stereocenters. The second kappa shape index (κ2) is 5.27. The fourth-order valence-electron chi connectivity index (χ4n) is 1.86. The molecule has 1 aromatic rings. The first-order chi connectivity index (χ1) is 7.29. The Morgan fingerprint density at radius 1 is 1.33 bits per heavy atom. The van der Waals surface area contributed by atoms with Crippen molar-refractivity contribution in [2.75, 3.05) is 19.6 Å². The van der Waals surface area contributed by atoms with Crippen molar-refractivity contribution in [3.8, 4) is 0 Å². The Kier molecular flexibility index (Phi) is 3.99. The Bertz CT molecular complexity index is 306. The molecule has 15 heavy (non-hydrogen) atoms. The van der Waals surface area contributed by atoms with Crippen LogP contribution in [0.1, 0.15) is 12.5 Å². The third kappa shape index (κ3) is 2.92. The van der Waals surface area contributed by atoms with Crippen molar-refractivity contribution in [2.45, 2.75) is 19.5 Å². The quantitative estimate of drug-likeness (QED) is 0.856. The first-order valence-corrected chi connectivity index (χ1v) is 6.56. The summed E-state index contributed by atoms with van der Waals surface area (Å²) in [6.07, 6.45) is 0. The molecule has 1 saturated heterocycles. The van der Waals surface area contributed by atoms with E-state index in [2.05, 4.69) is 64.0 Å². The maximum Gasteiger partial charge on any atom is 0.0348 e. The van der Waals surface area contributed by atoms with Crippen LogP contribution in [0.5, 0.6) is 0 Å². The van der Waals surface area contributed by atoms with Crippen LogP contribution in [0.3, 0.4) is 0 Å². The zero-order valence-corrected chi connectivity index (χ0v) is 11.2. The van der Waals surface area contributed by atoms with Crippen LogP contribution in [0, 0.1) is 3.57 Å². The molecule has 0 saturated carbocycles. The van der Waals surface area contributed by atoms with Crippen LogP contribution in [0.2, 0.25) is 0 Å². The van der Waals surface area contributed by atoms with Gasteiger partial charge in [-0.15, -0.1) is 0 Å². The van der Waals surface area contributed by atoms with Gasteiger partial charge >= 0.3 is 0 Å². The van der Waals surface area contributed by atoms with E-state index < -0.39 is 0 Å². The van der Waals surface area contributed by atoms with Gasteiger partial charge in [-0.3, -0.25) is 4.90 Å². The monoisotopic (exact) mass is 316 g/mol. The van der Waals surface area contributed by atoms with Gasteiger partial charge in [0.05, 0.1) is 0 Å². The van der Waals surface area contributed by atoms with Gasteiger partial charge in [-0.2, -0.15) is 0 Å². The summed E-state index contributed by atoms with van der Waals surface area (Å²) in [5.74, 6) is 0. The maximum atomic E-state index is 3.33. The van der Waals surface area contributed by atoms with Gasteiger partial charge in [0.1, 0.15) is 0 Å². The first-order valence-electron chi connectivity index (χ1n) is 5.49. The summed E-state index contributed by atoms with van der Waals surface area (Å²) in [7, 11) is 0. The zero-order chi connectivity index (χ0) is 10.7. The highest BCUT2D eigenvalue weighted by Gasteiger charge is 2.22. The summed E-state index contributed by atoms with van der Waals surface area (Å²) in [5.41, 5.74) is 1.42. The molecular formula is C12H17IN2. The fourth-order valence-corrected chi connectivity index (χ4v) is 2.21. The molecule has 0 aliphatic carbocycles. The van der Waals surface area contributed by atoms with Gasteiger partial charge in [-0.05, 0) is 46.8 Å². The van der Waals surface area contributed by atoms with E-state index in [1.807, 2.05) is 0 Å². The summed E-state index contributed by atoms with van der Waals surface area (Å²) in [4.78, 5) is 2.54. The van der Waals surface area contributed by atoms with Crippen molar-refractivity contribution in [3.05, 3.63) is 33.4 Å². The molecule has 0 radical (unpaired) electrons. The lowest BCUT2D eigenvalue weighted by Gasteiger charge is -2.37. The average molecular weight is 316 g/mol. The van der Waals surface area contributed by atoms with Crippen molar-refractivity contribution in [2.24, 2.45) is 0 Å². The lowest BCUT2D eigenvalue weighted by molar-refractivity contribution is 0.145. The molecule has 1 aliphatic heterocycles. The molecule has 3 heteroatoms. The number of likely N-dealkylation sites (N-methyl/N-ethyl adjacent to an activating group) is 1. The van der Waals surface area contributed by atoms with Crippen LogP contribution in [0.15, 0.2) is 24.3 Å². The number of nitrogens with one attached hydrogen (secondary N) is 1. The SMILES string of the molecule is CCN(Cc1ccc(I)cc1)C1CNC1. The Morgan fingerprint density at radius 2 is 2.00 bits per heavy atom. The molecule has 1 aliphatic rings. The summed E-state index contributed by atoms with van der Waals surface area (Å²) < 4.78 is 1.31. The van der Waals surface area contributed by atoms with Crippen molar-refractivity contribution < 1.29 is 0 Å². The summed E-state index contributed by atoms with van der Waals surface area (Å²) >= 11 is 2.35. The van der Waals surface area contributed by atoms with Gasteiger partial charge in [0.25, 0.3) is 0 Å². The van der Waals surface area contributed by atoms with E-state index in [9.17, 15) is 0 Å². The van der Waals surface area contributed by atoms with Crippen LogP contribution in [-0.2, 0) is 6.54 Å². The highest BCUT2D eigenvalue weighted by molar-refractivity contribution is 14.1. The van der Waals surface area contributed by atoms with E-state index in [1.165, 1.54) is 9.13 Å². The van der Waals surface area contributed by atoms with E-state index in [-0.39, 0.29) is 0 Å². The number of benzene rings is 1. The number of hydrogen-bond acceptors (Lipinski definition) is 2. The molecule has 2 nitrogen and oxygen atoms in total. The molecule has 82 valence electrons. The minimum atomic E-state index is 0.745. The van der Waals surface area contributed by atoms with E-state index in [1.54, 1.807) is 0 Å². The topological polar surface area (TPSA) is 15.3 Å². The molecule has 1 fully saturated rings. The third-order valence-corrected chi connectivity index (χ3v) is 3.70. The van der Waals surface area contributed by atoms with E-state index in [4.69, 9.17) is 0 Å². The molecule has 1 heterocycles. The third-order valence-electron chi connectivity index (χ3n) is 2.98. The van der Waals surface area contributed by atoms with Gasteiger partial charge in [-0.25, -0.2) is 0 Å². The predicted molar refractivity (Wildman–Crippen MR) is 71.9 cm³/mol.